The van der Waals surface area contributed by atoms with Crippen LogP contribution in [0.3, 0.4) is 0 Å². The van der Waals surface area contributed by atoms with Crippen LogP contribution in [-0.4, -0.2) is 60.2 Å². The van der Waals surface area contributed by atoms with E-state index in [1.165, 1.54) is 16.6 Å². The van der Waals surface area contributed by atoms with Crippen molar-refractivity contribution in [1.29, 1.82) is 0 Å². The molecule has 3 N–H and O–H groups in total. The van der Waals surface area contributed by atoms with Crippen LogP contribution in [0.1, 0.15) is 48.2 Å². The van der Waals surface area contributed by atoms with E-state index in [4.69, 9.17) is 5.73 Å². The molecule has 2 saturated heterocycles. The highest BCUT2D eigenvalue weighted by atomic mass is 32.2. The van der Waals surface area contributed by atoms with Crippen LogP contribution in [0.25, 0.3) is 0 Å². The highest BCUT2D eigenvalue weighted by Crippen LogP contribution is 2.23. The molecule has 0 saturated carbocycles. The number of aromatic nitrogens is 1. The van der Waals surface area contributed by atoms with Gasteiger partial charge in [-0.25, -0.2) is 8.42 Å². The van der Waals surface area contributed by atoms with Crippen LogP contribution in [0.5, 0.6) is 0 Å². The van der Waals surface area contributed by atoms with E-state index in [1.54, 1.807) is 11.6 Å². The molecule has 184 valence electrons. The molecular weight excluding hydrogens is 454 g/mol. The van der Waals surface area contributed by atoms with Crippen molar-refractivity contribution in [1.82, 2.24) is 13.8 Å². The first-order chi connectivity index (χ1) is 16.2. The predicted octanol–water partition coefficient (Wildman–Crippen LogP) is 2.15. The number of amides is 2. The summed E-state index contributed by atoms with van der Waals surface area (Å²) in [6.07, 6.45) is 6.06. The van der Waals surface area contributed by atoms with Crippen molar-refractivity contribution in [3.05, 3.63) is 47.8 Å². The summed E-state index contributed by atoms with van der Waals surface area (Å²) >= 11 is 0. The minimum absolute atomic E-state index is 0.0961. The monoisotopic (exact) mass is 487 g/mol. The number of hydrogen-bond donors (Lipinski definition) is 2. The molecule has 4 rings (SSSR count). The van der Waals surface area contributed by atoms with E-state index in [9.17, 15) is 18.0 Å². The number of carbonyl (C=O) groups excluding carboxylic acids is 2. The lowest BCUT2D eigenvalue weighted by molar-refractivity contribution is -0.123. The van der Waals surface area contributed by atoms with E-state index >= 15 is 0 Å². The topological polar surface area (TPSA) is 118 Å². The molecule has 1 aromatic carbocycles. The van der Waals surface area contributed by atoms with Gasteiger partial charge in [-0.15, -0.1) is 0 Å². The molecular formula is C24H33N5O4S. The second-order valence-corrected chi connectivity index (χ2v) is 11.2. The van der Waals surface area contributed by atoms with Gasteiger partial charge in [-0.1, -0.05) is 18.6 Å². The Morgan fingerprint density at radius 3 is 2.44 bits per heavy atom. The number of hydrogen-bond acceptors (Lipinski definition) is 5. The van der Waals surface area contributed by atoms with Crippen molar-refractivity contribution in [3.63, 3.8) is 0 Å². The highest BCUT2D eigenvalue weighted by Gasteiger charge is 2.28. The average Bonchev–Trinajstić information content (AvgIpc) is 3.24. The van der Waals surface area contributed by atoms with Crippen LogP contribution in [0.2, 0.25) is 0 Å². The molecule has 1 aromatic heterocycles. The van der Waals surface area contributed by atoms with Crippen LogP contribution >= 0.6 is 0 Å². The van der Waals surface area contributed by atoms with E-state index in [1.807, 2.05) is 24.3 Å². The smallest absolute Gasteiger partial charge is 0.272 e. The van der Waals surface area contributed by atoms with Gasteiger partial charge in [0.2, 0.25) is 15.9 Å². The summed E-state index contributed by atoms with van der Waals surface area (Å²) in [6.45, 7) is 3.35. The van der Waals surface area contributed by atoms with Crippen molar-refractivity contribution in [2.75, 3.05) is 31.5 Å². The van der Waals surface area contributed by atoms with Gasteiger partial charge in [0, 0.05) is 45.1 Å². The summed E-state index contributed by atoms with van der Waals surface area (Å²) in [7, 11) is -1.93. The molecule has 0 unspecified atom stereocenters. The number of likely N-dealkylation sites (tertiary alicyclic amines) is 1. The van der Waals surface area contributed by atoms with E-state index in [2.05, 4.69) is 10.2 Å². The largest absolute Gasteiger partial charge is 0.369 e. The van der Waals surface area contributed by atoms with Crippen molar-refractivity contribution in [2.24, 2.45) is 18.7 Å². The number of anilines is 1. The number of nitrogens with one attached hydrogen (secondary N) is 1. The van der Waals surface area contributed by atoms with Crippen LogP contribution in [-0.2, 0) is 28.4 Å². The number of primary amides is 1. The van der Waals surface area contributed by atoms with Gasteiger partial charge in [-0.05, 0) is 56.0 Å². The van der Waals surface area contributed by atoms with Gasteiger partial charge >= 0.3 is 0 Å². The average molecular weight is 488 g/mol. The number of nitrogens with two attached hydrogens (primary N) is 1. The lowest BCUT2D eigenvalue weighted by atomic mass is 9.97. The van der Waals surface area contributed by atoms with Gasteiger partial charge in [0.15, 0.2) is 0 Å². The number of aryl methyl sites for hydroxylation is 1. The van der Waals surface area contributed by atoms with Crippen molar-refractivity contribution in [2.45, 2.75) is 43.5 Å². The number of piperidine rings is 2. The first kappa shape index (κ1) is 24.4. The lowest BCUT2D eigenvalue weighted by Gasteiger charge is -2.31. The molecule has 0 bridgehead atoms. The van der Waals surface area contributed by atoms with Gasteiger partial charge in [-0.3, -0.25) is 14.5 Å². The van der Waals surface area contributed by atoms with Crippen molar-refractivity contribution >= 4 is 27.5 Å². The Balaban J connectivity index is 1.39. The zero-order valence-corrected chi connectivity index (χ0v) is 20.4. The SMILES string of the molecule is Cn1cc(S(=O)(=O)N2CCCCC2)cc1C(=O)Nc1ccc(CN2CCC[C@H](C(N)=O)C2)cc1. The maximum absolute atomic E-state index is 12.9. The summed E-state index contributed by atoms with van der Waals surface area (Å²) in [5.74, 6) is -0.702. The Kier molecular flexibility index (Phi) is 7.39. The van der Waals surface area contributed by atoms with E-state index in [-0.39, 0.29) is 28.3 Å². The summed E-state index contributed by atoms with van der Waals surface area (Å²) in [5, 5.41) is 2.85. The van der Waals surface area contributed by atoms with Gasteiger partial charge in [0.1, 0.15) is 10.6 Å². The maximum Gasteiger partial charge on any atom is 0.272 e. The first-order valence-corrected chi connectivity index (χ1v) is 13.3. The molecule has 2 amide bonds. The number of sulfonamides is 1. The van der Waals surface area contributed by atoms with E-state index in [0.717, 1.165) is 44.2 Å². The molecule has 2 fully saturated rings. The Hall–Kier alpha value is -2.69. The minimum Gasteiger partial charge on any atom is -0.369 e. The van der Waals surface area contributed by atoms with Crippen molar-refractivity contribution in [3.8, 4) is 0 Å². The molecule has 34 heavy (non-hydrogen) atoms. The second kappa shape index (κ2) is 10.3. The highest BCUT2D eigenvalue weighted by molar-refractivity contribution is 7.89. The van der Waals surface area contributed by atoms with E-state index in [0.29, 0.717) is 31.9 Å². The third-order valence-corrected chi connectivity index (χ3v) is 8.56. The fourth-order valence-electron chi connectivity index (χ4n) is 4.73. The first-order valence-electron chi connectivity index (χ1n) is 11.8. The predicted molar refractivity (Wildman–Crippen MR) is 130 cm³/mol. The van der Waals surface area contributed by atoms with Gasteiger partial charge < -0.3 is 15.6 Å². The molecule has 9 nitrogen and oxygen atoms in total. The number of benzene rings is 1. The molecule has 3 heterocycles. The molecule has 0 aliphatic carbocycles. The molecule has 0 spiro atoms. The fourth-order valence-corrected chi connectivity index (χ4v) is 6.32. The zero-order valence-electron chi connectivity index (χ0n) is 19.6. The normalized spacial score (nSPS) is 20.2. The van der Waals surface area contributed by atoms with Gasteiger partial charge in [0.05, 0.1) is 5.92 Å². The quantitative estimate of drug-likeness (QED) is 0.621. The third kappa shape index (κ3) is 5.51. The Morgan fingerprint density at radius 1 is 1.06 bits per heavy atom. The second-order valence-electron chi connectivity index (χ2n) is 9.26. The fraction of sp³-hybridized carbons (Fsp3) is 0.500. The summed E-state index contributed by atoms with van der Waals surface area (Å²) < 4.78 is 28.9. The lowest BCUT2D eigenvalue weighted by Crippen LogP contribution is -2.40. The number of rotatable bonds is 7. The third-order valence-electron chi connectivity index (χ3n) is 6.69. The molecule has 1 atom stereocenters. The minimum atomic E-state index is -3.60. The summed E-state index contributed by atoms with van der Waals surface area (Å²) in [4.78, 5) is 26.7. The van der Waals surface area contributed by atoms with Gasteiger partial charge in [-0.2, -0.15) is 4.31 Å². The molecule has 2 aromatic rings. The Bertz CT molecular complexity index is 1140. The van der Waals surface area contributed by atoms with Crippen LogP contribution in [0.15, 0.2) is 41.4 Å². The van der Waals surface area contributed by atoms with Crippen LogP contribution in [0.4, 0.5) is 5.69 Å². The number of carbonyl (C=O) groups is 2. The zero-order chi connectivity index (χ0) is 24.3. The van der Waals surface area contributed by atoms with Gasteiger partial charge in [0.25, 0.3) is 5.91 Å². The van der Waals surface area contributed by atoms with Crippen molar-refractivity contribution < 1.29 is 18.0 Å². The van der Waals surface area contributed by atoms with E-state index < -0.39 is 10.0 Å². The summed E-state index contributed by atoms with van der Waals surface area (Å²) in [6, 6.07) is 8.99. The maximum atomic E-state index is 12.9. The standard InChI is InChI=1S/C24H33N5O4S/c1-27-17-21(34(32,33)29-12-3-2-4-13-29)14-22(27)24(31)26-20-9-7-18(8-10-20)15-28-11-5-6-19(16-28)23(25)30/h7-10,14,17,19H,2-6,11-13,15-16H2,1H3,(H2,25,30)(H,26,31)/t19-/m0/s1. The molecule has 2 aliphatic heterocycles. The van der Waals surface area contributed by atoms with Crippen LogP contribution < -0.4 is 11.1 Å². The Labute approximate surface area is 200 Å². The molecule has 2 aliphatic rings. The summed E-state index contributed by atoms with van der Waals surface area (Å²) in [5.41, 5.74) is 7.46. The van der Waals surface area contributed by atoms with Crippen LogP contribution in [0, 0.1) is 5.92 Å². The Morgan fingerprint density at radius 2 is 1.76 bits per heavy atom. The number of nitrogens with zero attached hydrogens (tertiary/aromatic N) is 3. The molecule has 0 radical (unpaired) electrons. The molecule has 10 heteroatoms.